The number of hydrogen-bond acceptors (Lipinski definition) is 3. The monoisotopic (exact) mass is 180 g/mol. The second kappa shape index (κ2) is 2.48. The van der Waals surface area contributed by atoms with Gasteiger partial charge >= 0.3 is 5.63 Å². The third-order valence-corrected chi connectivity index (χ3v) is 2.95. The second-order valence-corrected chi connectivity index (χ2v) is 3.90. The number of nitrogens with zero attached hydrogens (tertiary/aromatic N) is 1. The highest BCUT2D eigenvalue weighted by atomic mass is 16.5. The highest BCUT2D eigenvalue weighted by Gasteiger charge is 2.32. The molecule has 0 amide bonds. The second-order valence-electron chi connectivity index (χ2n) is 3.90. The molecule has 2 aliphatic rings. The molecular weight excluding hydrogens is 168 g/mol. The highest BCUT2D eigenvalue weighted by Crippen LogP contribution is 2.30. The summed E-state index contributed by atoms with van der Waals surface area (Å²) >= 11 is 0. The highest BCUT2D eigenvalue weighted by molar-refractivity contribution is 5.18. The summed E-state index contributed by atoms with van der Waals surface area (Å²) in [6.45, 7) is 1.85. The summed E-state index contributed by atoms with van der Waals surface area (Å²) in [5.74, 6) is 0. The van der Waals surface area contributed by atoms with Gasteiger partial charge in [-0.25, -0.2) is 9.95 Å². The van der Waals surface area contributed by atoms with Gasteiger partial charge in [0.1, 0.15) is 0 Å². The van der Waals surface area contributed by atoms with Gasteiger partial charge in [-0.15, -0.1) is 0 Å². The van der Waals surface area contributed by atoms with Crippen molar-refractivity contribution in [3.63, 3.8) is 0 Å². The Morgan fingerprint density at radius 2 is 2.31 bits per heavy atom. The van der Waals surface area contributed by atoms with Crippen LogP contribution in [0, 0.1) is 0 Å². The van der Waals surface area contributed by atoms with Gasteiger partial charge in [0.15, 0.2) is 0 Å². The Hall–Kier alpha value is -1.03. The first kappa shape index (κ1) is 7.38. The van der Waals surface area contributed by atoms with E-state index in [4.69, 9.17) is 4.52 Å². The Labute approximate surface area is 75.5 Å². The molecule has 0 bridgehead atoms. The van der Waals surface area contributed by atoms with Gasteiger partial charge < -0.3 is 4.52 Å². The molecule has 1 N–H and O–H groups in total. The van der Waals surface area contributed by atoms with Gasteiger partial charge in [-0.2, -0.15) is 0 Å². The number of nitrogens with one attached hydrogen (secondary N) is 1. The van der Waals surface area contributed by atoms with Crippen LogP contribution in [-0.4, -0.2) is 22.6 Å². The summed E-state index contributed by atoms with van der Waals surface area (Å²) in [6.07, 6.45) is 3.52. The van der Waals surface area contributed by atoms with Crippen LogP contribution in [0.3, 0.4) is 0 Å². The lowest BCUT2D eigenvalue weighted by atomic mass is 10.1. The Morgan fingerprint density at radius 3 is 3.08 bits per heavy atom. The maximum atomic E-state index is 11.2. The lowest BCUT2D eigenvalue weighted by Gasteiger charge is -2.24. The number of rotatable bonds is 1. The van der Waals surface area contributed by atoms with E-state index in [0.717, 1.165) is 36.8 Å². The largest absolute Gasteiger partial charge is 0.361 e. The number of aromatic amines is 1. The van der Waals surface area contributed by atoms with E-state index in [1.54, 1.807) is 0 Å². The normalized spacial score (nSPS) is 23.1. The molecule has 4 heteroatoms. The summed E-state index contributed by atoms with van der Waals surface area (Å²) in [5, 5.41) is 2.69. The summed E-state index contributed by atoms with van der Waals surface area (Å²) in [4.78, 5) is 13.6. The maximum Gasteiger partial charge on any atom is 0.361 e. The van der Waals surface area contributed by atoms with Crippen molar-refractivity contribution >= 4 is 0 Å². The Balaban J connectivity index is 1.92. The van der Waals surface area contributed by atoms with Gasteiger partial charge in [0.05, 0.1) is 11.3 Å². The van der Waals surface area contributed by atoms with Crippen molar-refractivity contribution in [2.75, 3.05) is 6.54 Å². The van der Waals surface area contributed by atoms with Crippen LogP contribution < -0.4 is 5.63 Å². The van der Waals surface area contributed by atoms with Crippen LogP contribution in [0.1, 0.15) is 24.1 Å². The van der Waals surface area contributed by atoms with Crippen molar-refractivity contribution in [2.45, 2.75) is 31.8 Å². The number of H-pyrrole nitrogens is 1. The van der Waals surface area contributed by atoms with Crippen LogP contribution in [0.15, 0.2) is 9.32 Å². The first-order valence-corrected chi connectivity index (χ1v) is 4.78. The molecular formula is C9H12N2O2. The van der Waals surface area contributed by atoms with Gasteiger partial charge in [0, 0.05) is 25.6 Å². The summed E-state index contributed by atoms with van der Waals surface area (Å²) in [5.41, 5.74) is 1.67. The van der Waals surface area contributed by atoms with Gasteiger partial charge in [0.25, 0.3) is 0 Å². The van der Waals surface area contributed by atoms with Gasteiger partial charge in [0.2, 0.25) is 0 Å². The van der Waals surface area contributed by atoms with E-state index >= 15 is 0 Å². The molecule has 2 heterocycles. The van der Waals surface area contributed by atoms with Crippen LogP contribution >= 0.6 is 0 Å². The molecule has 0 radical (unpaired) electrons. The topological polar surface area (TPSA) is 49.2 Å². The molecule has 13 heavy (non-hydrogen) atoms. The molecule has 0 aromatic carbocycles. The lowest BCUT2D eigenvalue weighted by Crippen LogP contribution is -2.33. The molecule has 3 rings (SSSR count). The maximum absolute atomic E-state index is 11.2. The quantitative estimate of drug-likeness (QED) is 0.684. The Morgan fingerprint density at radius 1 is 1.46 bits per heavy atom. The van der Waals surface area contributed by atoms with E-state index < -0.39 is 0 Å². The molecule has 1 fully saturated rings. The van der Waals surface area contributed by atoms with E-state index in [9.17, 15) is 4.79 Å². The van der Waals surface area contributed by atoms with E-state index in [1.807, 2.05) is 0 Å². The molecule has 0 atom stereocenters. The molecule has 0 unspecified atom stereocenters. The van der Waals surface area contributed by atoms with Crippen LogP contribution in [0.5, 0.6) is 0 Å². The van der Waals surface area contributed by atoms with Crippen LogP contribution in [0.2, 0.25) is 0 Å². The van der Waals surface area contributed by atoms with Crippen LogP contribution in [0.4, 0.5) is 0 Å². The van der Waals surface area contributed by atoms with Crippen molar-refractivity contribution < 1.29 is 4.52 Å². The zero-order valence-corrected chi connectivity index (χ0v) is 7.38. The molecule has 1 aliphatic heterocycles. The zero-order valence-electron chi connectivity index (χ0n) is 7.38. The molecule has 1 aromatic heterocycles. The van der Waals surface area contributed by atoms with Gasteiger partial charge in [-0.3, -0.25) is 4.90 Å². The van der Waals surface area contributed by atoms with Crippen molar-refractivity contribution in [2.24, 2.45) is 0 Å². The van der Waals surface area contributed by atoms with Crippen LogP contribution in [-0.2, 0) is 13.0 Å². The van der Waals surface area contributed by atoms with Crippen molar-refractivity contribution in [1.29, 1.82) is 0 Å². The predicted molar refractivity (Wildman–Crippen MR) is 46.5 cm³/mol. The summed E-state index contributed by atoms with van der Waals surface area (Å²) in [6, 6.07) is 0.738. The van der Waals surface area contributed by atoms with Gasteiger partial charge in [-0.05, 0) is 12.8 Å². The fraction of sp³-hybridized carbons (Fsp3) is 0.667. The fourth-order valence-corrected chi connectivity index (χ4v) is 2.01. The number of fused-ring (bicyclic) bond motifs is 1. The lowest BCUT2D eigenvalue weighted by molar-refractivity contribution is 0.242. The Kier molecular flexibility index (Phi) is 1.41. The molecule has 0 saturated heterocycles. The van der Waals surface area contributed by atoms with Crippen molar-refractivity contribution in [3.8, 4) is 0 Å². The van der Waals surface area contributed by atoms with Crippen molar-refractivity contribution in [1.82, 2.24) is 10.1 Å². The number of aromatic nitrogens is 1. The first-order valence-electron chi connectivity index (χ1n) is 4.78. The minimum atomic E-state index is -0.180. The summed E-state index contributed by atoms with van der Waals surface area (Å²) < 4.78 is 4.76. The average molecular weight is 180 g/mol. The van der Waals surface area contributed by atoms with E-state index in [1.165, 1.54) is 12.8 Å². The standard InChI is InChI=1S/C9H12N2O2/c12-9-7-5-11(6-1-2-6)4-3-8(7)10-13-9/h6,10H,1-5H2. The molecule has 4 nitrogen and oxygen atoms in total. The SMILES string of the molecule is O=c1o[nH]c2c1CN(C1CC1)CC2. The Bertz CT molecular complexity index is 375. The van der Waals surface area contributed by atoms with Gasteiger partial charge in [-0.1, -0.05) is 0 Å². The minimum absolute atomic E-state index is 0.180. The smallest absolute Gasteiger partial charge is 0.339 e. The number of hydrogen-bond donors (Lipinski definition) is 1. The third-order valence-electron chi connectivity index (χ3n) is 2.95. The third kappa shape index (κ3) is 1.13. The summed E-state index contributed by atoms with van der Waals surface area (Å²) in [7, 11) is 0. The fourth-order valence-electron chi connectivity index (χ4n) is 2.01. The zero-order chi connectivity index (χ0) is 8.84. The molecule has 0 spiro atoms. The van der Waals surface area contributed by atoms with E-state index in [2.05, 4.69) is 10.1 Å². The first-order chi connectivity index (χ1) is 6.34. The predicted octanol–water partition coefficient (Wildman–Crippen LogP) is 0.488. The molecule has 1 aromatic rings. The van der Waals surface area contributed by atoms with E-state index in [-0.39, 0.29) is 5.63 Å². The average Bonchev–Trinajstić information content (AvgIpc) is 2.93. The molecule has 1 aliphatic carbocycles. The van der Waals surface area contributed by atoms with Crippen molar-refractivity contribution in [3.05, 3.63) is 21.7 Å². The van der Waals surface area contributed by atoms with Crippen LogP contribution in [0.25, 0.3) is 0 Å². The van der Waals surface area contributed by atoms with E-state index in [0.29, 0.717) is 0 Å². The minimum Gasteiger partial charge on any atom is -0.339 e. The molecule has 1 saturated carbocycles. The molecule has 70 valence electrons.